The van der Waals surface area contributed by atoms with Crippen molar-refractivity contribution in [3.63, 3.8) is 0 Å². The van der Waals surface area contributed by atoms with E-state index < -0.39 is 5.60 Å². The smallest absolute Gasteiger partial charge is 0.167 e. The van der Waals surface area contributed by atoms with Gasteiger partial charge in [0.1, 0.15) is 0 Å². The summed E-state index contributed by atoms with van der Waals surface area (Å²) in [5, 5.41) is 11.8. The van der Waals surface area contributed by atoms with Gasteiger partial charge in [0.05, 0.1) is 5.60 Å². The van der Waals surface area contributed by atoms with Crippen LogP contribution in [0.25, 0.3) is 0 Å². The maximum atomic E-state index is 10.9. The largest absolute Gasteiger partial charge is 0.385 e. The van der Waals surface area contributed by atoms with Crippen molar-refractivity contribution in [2.75, 3.05) is 5.75 Å². The lowest BCUT2D eigenvalue weighted by atomic mass is 9.77. The molecule has 1 heterocycles. The van der Waals surface area contributed by atoms with Crippen LogP contribution in [0.2, 0.25) is 0 Å². The highest BCUT2D eigenvalue weighted by Gasteiger charge is 2.35. The van der Waals surface area contributed by atoms with Crippen molar-refractivity contribution >= 4 is 11.8 Å². The molecule has 104 valence electrons. The van der Waals surface area contributed by atoms with Gasteiger partial charge in [0.15, 0.2) is 5.16 Å². The average Bonchev–Trinajstić information content (AvgIpc) is 2.76. The molecular formula is C15H22N2OS. The van der Waals surface area contributed by atoms with E-state index in [9.17, 15) is 5.11 Å². The number of aliphatic hydroxyl groups is 1. The zero-order chi connectivity index (χ0) is 14.0. The fourth-order valence-corrected chi connectivity index (χ4v) is 3.50. The summed E-state index contributed by atoms with van der Waals surface area (Å²) in [4.78, 5) is 4.29. The zero-order valence-electron chi connectivity index (χ0n) is 11.9. The Kier molecular flexibility index (Phi) is 4.21. The Morgan fingerprint density at radius 3 is 3.00 bits per heavy atom. The number of imidazole rings is 1. The van der Waals surface area contributed by atoms with Crippen LogP contribution in [0.1, 0.15) is 26.7 Å². The minimum absolute atomic E-state index is 0.385. The van der Waals surface area contributed by atoms with E-state index in [0.29, 0.717) is 11.7 Å². The van der Waals surface area contributed by atoms with E-state index >= 15 is 0 Å². The molecule has 0 saturated heterocycles. The van der Waals surface area contributed by atoms with E-state index in [1.165, 1.54) is 0 Å². The third-order valence-corrected chi connectivity index (χ3v) is 5.21. The summed E-state index contributed by atoms with van der Waals surface area (Å²) >= 11 is 1.61. The first kappa shape index (κ1) is 14.4. The van der Waals surface area contributed by atoms with Crippen LogP contribution < -0.4 is 0 Å². The van der Waals surface area contributed by atoms with Gasteiger partial charge in [0.25, 0.3) is 0 Å². The van der Waals surface area contributed by atoms with Crippen LogP contribution in [0.4, 0.5) is 0 Å². The van der Waals surface area contributed by atoms with E-state index in [2.05, 4.69) is 17.6 Å². The number of nitrogens with zero attached hydrogens (tertiary/aromatic N) is 2. The van der Waals surface area contributed by atoms with Gasteiger partial charge in [0, 0.05) is 25.2 Å². The molecule has 2 unspecified atom stereocenters. The predicted molar refractivity (Wildman–Crippen MR) is 80.2 cm³/mol. The summed E-state index contributed by atoms with van der Waals surface area (Å²) in [5.74, 6) is 1.03. The highest BCUT2D eigenvalue weighted by atomic mass is 32.2. The summed E-state index contributed by atoms with van der Waals surface area (Å²) in [6.45, 7) is 8.10. The van der Waals surface area contributed by atoms with Gasteiger partial charge in [-0.15, -0.1) is 0 Å². The molecule has 2 rings (SSSR count). The molecule has 3 nitrogen and oxygen atoms in total. The van der Waals surface area contributed by atoms with E-state index in [1.54, 1.807) is 18.0 Å². The van der Waals surface area contributed by atoms with E-state index in [-0.39, 0.29) is 0 Å². The van der Waals surface area contributed by atoms with Crippen LogP contribution in [-0.4, -0.2) is 26.0 Å². The molecule has 0 bridgehead atoms. The van der Waals surface area contributed by atoms with Crippen molar-refractivity contribution in [1.82, 2.24) is 9.55 Å². The second-order valence-corrected chi connectivity index (χ2v) is 6.45. The normalized spacial score (nSPS) is 27.2. The molecule has 0 spiro atoms. The second kappa shape index (κ2) is 5.55. The Balaban J connectivity index is 2.08. The highest BCUT2D eigenvalue weighted by Crippen LogP contribution is 2.38. The van der Waals surface area contributed by atoms with Crippen LogP contribution in [0.15, 0.2) is 41.4 Å². The van der Waals surface area contributed by atoms with Gasteiger partial charge in [-0.3, -0.25) is 0 Å². The molecule has 2 atom stereocenters. The SMILES string of the molecule is C=C(C)C1CC=C(C)C(O)(CSc2nccn2C)C1. The number of aryl methyl sites for hydroxylation is 1. The molecule has 1 aromatic rings. The minimum atomic E-state index is -0.738. The lowest BCUT2D eigenvalue weighted by molar-refractivity contribution is 0.0730. The molecule has 4 heteroatoms. The fraction of sp³-hybridized carbons (Fsp3) is 0.533. The van der Waals surface area contributed by atoms with Gasteiger partial charge in [-0.25, -0.2) is 4.98 Å². The third-order valence-electron chi connectivity index (χ3n) is 3.94. The summed E-state index contributed by atoms with van der Waals surface area (Å²) in [6, 6.07) is 0. The number of hydrogen-bond acceptors (Lipinski definition) is 3. The van der Waals surface area contributed by atoms with Crippen LogP contribution in [0.3, 0.4) is 0 Å². The van der Waals surface area contributed by atoms with E-state index in [1.807, 2.05) is 31.7 Å². The van der Waals surface area contributed by atoms with Gasteiger partial charge in [-0.05, 0) is 38.2 Å². The first-order valence-electron chi connectivity index (χ1n) is 6.57. The Bertz CT molecular complexity index is 506. The first-order valence-corrected chi connectivity index (χ1v) is 7.56. The Labute approximate surface area is 119 Å². The molecule has 19 heavy (non-hydrogen) atoms. The molecule has 1 N–H and O–H groups in total. The van der Waals surface area contributed by atoms with Gasteiger partial charge >= 0.3 is 0 Å². The lowest BCUT2D eigenvalue weighted by Crippen LogP contribution is -2.38. The topological polar surface area (TPSA) is 38.1 Å². The zero-order valence-corrected chi connectivity index (χ0v) is 12.7. The maximum Gasteiger partial charge on any atom is 0.167 e. The van der Waals surface area contributed by atoms with E-state index in [0.717, 1.165) is 29.1 Å². The van der Waals surface area contributed by atoms with Crippen molar-refractivity contribution in [1.29, 1.82) is 0 Å². The van der Waals surface area contributed by atoms with Gasteiger partial charge in [-0.1, -0.05) is 30.0 Å². The Hall–Kier alpha value is -1.00. The number of rotatable bonds is 4. The molecule has 0 saturated carbocycles. The third kappa shape index (κ3) is 3.12. The molecule has 1 aliphatic rings. The van der Waals surface area contributed by atoms with Gasteiger partial charge in [-0.2, -0.15) is 0 Å². The lowest BCUT2D eigenvalue weighted by Gasteiger charge is -2.36. The highest BCUT2D eigenvalue weighted by molar-refractivity contribution is 7.99. The number of allylic oxidation sites excluding steroid dienone is 2. The molecule has 0 amide bonds. The predicted octanol–water partition coefficient (Wildman–Crippen LogP) is 3.18. The quantitative estimate of drug-likeness (QED) is 0.679. The Morgan fingerprint density at radius 1 is 1.68 bits per heavy atom. The summed E-state index contributed by atoms with van der Waals surface area (Å²) in [5.41, 5.74) is 1.49. The van der Waals surface area contributed by atoms with Crippen molar-refractivity contribution in [2.45, 2.75) is 37.4 Å². The van der Waals surface area contributed by atoms with Crippen LogP contribution in [0.5, 0.6) is 0 Å². The number of hydrogen-bond donors (Lipinski definition) is 1. The summed E-state index contributed by atoms with van der Waals surface area (Å²) in [6.07, 6.45) is 7.62. The maximum absolute atomic E-state index is 10.9. The van der Waals surface area contributed by atoms with Crippen LogP contribution >= 0.6 is 11.8 Å². The van der Waals surface area contributed by atoms with Crippen molar-refractivity contribution in [3.8, 4) is 0 Å². The standard InChI is InChI=1S/C15H22N2OS/c1-11(2)13-6-5-12(3)15(18,9-13)10-19-14-16-7-8-17(14)4/h5,7-8,13,18H,1,6,9-10H2,2-4H3. The molecule has 1 aromatic heterocycles. The summed E-state index contributed by atoms with van der Waals surface area (Å²) in [7, 11) is 1.97. The van der Waals surface area contributed by atoms with Crippen LogP contribution in [-0.2, 0) is 7.05 Å². The fourth-order valence-electron chi connectivity index (χ4n) is 2.38. The van der Waals surface area contributed by atoms with Crippen molar-refractivity contribution in [2.24, 2.45) is 13.0 Å². The summed E-state index contributed by atoms with van der Waals surface area (Å²) < 4.78 is 1.98. The van der Waals surface area contributed by atoms with Gasteiger partial charge < -0.3 is 9.67 Å². The average molecular weight is 278 g/mol. The van der Waals surface area contributed by atoms with E-state index in [4.69, 9.17) is 0 Å². The molecule has 0 aliphatic heterocycles. The molecule has 0 radical (unpaired) electrons. The number of thioether (sulfide) groups is 1. The molecule has 0 aromatic carbocycles. The van der Waals surface area contributed by atoms with Gasteiger partial charge in [0.2, 0.25) is 0 Å². The molecule has 1 aliphatic carbocycles. The molecule has 0 fully saturated rings. The van der Waals surface area contributed by atoms with Crippen molar-refractivity contribution < 1.29 is 5.11 Å². The Morgan fingerprint density at radius 2 is 2.42 bits per heavy atom. The monoisotopic (exact) mass is 278 g/mol. The second-order valence-electron chi connectivity index (χ2n) is 5.51. The van der Waals surface area contributed by atoms with Crippen molar-refractivity contribution in [3.05, 3.63) is 36.2 Å². The first-order chi connectivity index (χ1) is 8.92. The molecular weight excluding hydrogens is 256 g/mol. The number of aromatic nitrogens is 2. The van der Waals surface area contributed by atoms with Crippen LogP contribution in [0, 0.1) is 5.92 Å². The minimum Gasteiger partial charge on any atom is -0.385 e.